The van der Waals surface area contributed by atoms with E-state index in [1.165, 1.54) is 22.6 Å². The molecule has 0 N–H and O–H groups in total. The lowest BCUT2D eigenvalue weighted by molar-refractivity contribution is 0.348. The topological polar surface area (TPSA) is 68.7 Å². The van der Waals surface area contributed by atoms with Crippen molar-refractivity contribution in [2.45, 2.75) is 17.9 Å². The largest absolute Gasteiger partial charge is 0.493 e. The molecule has 6 nitrogen and oxygen atoms in total. The lowest BCUT2D eigenvalue weighted by Gasteiger charge is -2.28. The molecule has 1 aromatic carbocycles. The van der Waals surface area contributed by atoms with Gasteiger partial charge in [0.05, 0.1) is 14.2 Å². The molecule has 2 aromatic rings. The maximum absolute atomic E-state index is 12.8. The van der Waals surface area contributed by atoms with E-state index in [1.807, 2.05) is 12.1 Å². The summed E-state index contributed by atoms with van der Waals surface area (Å²) in [5.74, 6) is 1.23. The second-order valence-corrected chi connectivity index (χ2v) is 7.71. The number of aromatic nitrogens is 1. The molecule has 3 rings (SSSR count). The van der Waals surface area contributed by atoms with Crippen molar-refractivity contribution in [2.24, 2.45) is 0 Å². The number of ether oxygens (including phenoxy) is 2. The number of sulfonamides is 1. The number of halogens is 1. The van der Waals surface area contributed by atoms with Crippen molar-refractivity contribution in [1.29, 1.82) is 0 Å². The summed E-state index contributed by atoms with van der Waals surface area (Å²) in [7, 11) is -0.479. The predicted molar refractivity (Wildman–Crippen MR) is 90.1 cm³/mol. The van der Waals surface area contributed by atoms with Crippen LogP contribution in [0.3, 0.4) is 0 Å². The molecule has 128 valence electrons. The van der Waals surface area contributed by atoms with E-state index in [4.69, 9.17) is 21.1 Å². The summed E-state index contributed by atoms with van der Waals surface area (Å²) >= 11 is 5.73. The fraction of sp³-hybridized carbons (Fsp3) is 0.312. The highest BCUT2D eigenvalue weighted by atomic mass is 35.5. The summed E-state index contributed by atoms with van der Waals surface area (Å²) in [6.45, 7) is 0.675. The van der Waals surface area contributed by atoms with Gasteiger partial charge < -0.3 is 9.47 Å². The minimum absolute atomic E-state index is 0.135. The SMILES string of the molecule is COc1cc2c(cc1OC)CN(S(=O)(=O)c1ccc(Cl)nc1)CC2. The van der Waals surface area contributed by atoms with Crippen molar-refractivity contribution in [3.63, 3.8) is 0 Å². The third-order valence-electron chi connectivity index (χ3n) is 4.02. The second kappa shape index (κ2) is 6.58. The van der Waals surface area contributed by atoms with Crippen LogP contribution in [-0.2, 0) is 23.0 Å². The molecule has 0 fully saturated rings. The molecule has 0 bridgehead atoms. The lowest BCUT2D eigenvalue weighted by atomic mass is 10.0. The summed E-state index contributed by atoms with van der Waals surface area (Å²) in [4.78, 5) is 3.99. The number of rotatable bonds is 4. The van der Waals surface area contributed by atoms with Crippen molar-refractivity contribution in [3.05, 3.63) is 46.7 Å². The van der Waals surface area contributed by atoms with Gasteiger partial charge in [0.15, 0.2) is 11.5 Å². The van der Waals surface area contributed by atoms with Gasteiger partial charge in [-0.1, -0.05) is 11.6 Å². The Balaban J connectivity index is 1.93. The monoisotopic (exact) mass is 368 g/mol. The molecule has 1 aromatic heterocycles. The average Bonchev–Trinajstić information content (AvgIpc) is 2.60. The van der Waals surface area contributed by atoms with Crippen molar-refractivity contribution in [1.82, 2.24) is 9.29 Å². The lowest BCUT2D eigenvalue weighted by Crippen LogP contribution is -2.36. The first kappa shape index (κ1) is 17.0. The predicted octanol–water partition coefficient (Wildman–Crippen LogP) is 2.50. The molecule has 0 atom stereocenters. The van der Waals surface area contributed by atoms with Gasteiger partial charge in [-0.15, -0.1) is 0 Å². The van der Waals surface area contributed by atoms with Gasteiger partial charge >= 0.3 is 0 Å². The first-order chi connectivity index (χ1) is 11.5. The van der Waals surface area contributed by atoms with Gasteiger partial charge in [0, 0.05) is 19.3 Å². The van der Waals surface area contributed by atoms with E-state index < -0.39 is 10.0 Å². The Morgan fingerprint density at radius 1 is 1.12 bits per heavy atom. The Kier molecular flexibility index (Phi) is 4.67. The highest BCUT2D eigenvalue weighted by molar-refractivity contribution is 7.89. The Morgan fingerprint density at radius 3 is 2.38 bits per heavy atom. The number of hydrogen-bond acceptors (Lipinski definition) is 5. The molecular formula is C16H17ClN2O4S. The minimum atomic E-state index is -3.62. The van der Waals surface area contributed by atoms with E-state index >= 15 is 0 Å². The number of benzene rings is 1. The molecule has 0 aliphatic carbocycles. The number of fused-ring (bicyclic) bond motifs is 1. The molecule has 0 saturated heterocycles. The molecule has 24 heavy (non-hydrogen) atoms. The molecule has 0 saturated carbocycles. The van der Waals surface area contributed by atoms with Crippen molar-refractivity contribution >= 4 is 21.6 Å². The van der Waals surface area contributed by atoms with E-state index in [1.54, 1.807) is 14.2 Å². The highest BCUT2D eigenvalue weighted by Gasteiger charge is 2.29. The number of nitrogens with zero attached hydrogens (tertiary/aromatic N) is 2. The molecular weight excluding hydrogens is 352 g/mol. The third kappa shape index (κ3) is 3.07. The van der Waals surface area contributed by atoms with Crippen LogP contribution in [0.1, 0.15) is 11.1 Å². The second-order valence-electron chi connectivity index (χ2n) is 5.38. The molecule has 0 spiro atoms. The zero-order chi connectivity index (χ0) is 17.3. The Bertz CT molecular complexity index is 853. The number of pyridine rings is 1. The normalized spacial score (nSPS) is 15.0. The number of methoxy groups -OCH3 is 2. The van der Waals surface area contributed by atoms with Crippen LogP contribution in [0.5, 0.6) is 11.5 Å². The first-order valence-electron chi connectivity index (χ1n) is 7.31. The molecule has 1 aliphatic rings. The Morgan fingerprint density at radius 2 is 1.79 bits per heavy atom. The summed E-state index contributed by atoms with van der Waals surface area (Å²) in [5.41, 5.74) is 1.97. The maximum Gasteiger partial charge on any atom is 0.244 e. The van der Waals surface area contributed by atoms with Gasteiger partial charge in [0.25, 0.3) is 0 Å². The summed E-state index contributed by atoms with van der Waals surface area (Å²) < 4.78 is 37.6. The minimum Gasteiger partial charge on any atom is -0.493 e. The van der Waals surface area contributed by atoms with Gasteiger partial charge in [-0.2, -0.15) is 4.31 Å². The van der Waals surface area contributed by atoms with E-state index in [9.17, 15) is 8.42 Å². The van der Waals surface area contributed by atoms with Gasteiger partial charge in [0.1, 0.15) is 10.0 Å². The maximum atomic E-state index is 12.8. The van der Waals surface area contributed by atoms with Gasteiger partial charge in [0.2, 0.25) is 10.0 Å². The third-order valence-corrected chi connectivity index (χ3v) is 6.07. The molecule has 8 heteroatoms. The molecule has 1 aliphatic heterocycles. The van der Waals surface area contributed by atoms with Crippen LogP contribution >= 0.6 is 11.6 Å². The zero-order valence-electron chi connectivity index (χ0n) is 13.3. The van der Waals surface area contributed by atoms with Gasteiger partial charge in [-0.25, -0.2) is 13.4 Å². The zero-order valence-corrected chi connectivity index (χ0v) is 14.9. The molecule has 0 amide bonds. The van der Waals surface area contributed by atoms with Crippen molar-refractivity contribution in [3.8, 4) is 11.5 Å². The van der Waals surface area contributed by atoms with Gasteiger partial charge in [-0.3, -0.25) is 0 Å². The van der Waals surface area contributed by atoms with Crippen LogP contribution in [0.25, 0.3) is 0 Å². The van der Waals surface area contributed by atoms with Crippen LogP contribution < -0.4 is 9.47 Å². The fourth-order valence-electron chi connectivity index (χ4n) is 2.73. The molecule has 2 heterocycles. The van der Waals surface area contributed by atoms with E-state index in [0.29, 0.717) is 24.5 Å². The molecule has 0 unspecified atom stereocenters. The standard InChI is InChI=1S/C16H17ClN2O4S/c1-22-14-7-11-5-6-19(10-12(11)8-15(14)23-2)24(20,21)13-3-4-16(17)18-9-13/h3-4,7-9H,5-6,10H2,1-2H3. The van der Waals surface area contributed by atoms with Gasteiger partial charge in [-0.05, 0) is 41.8 Å². The Labute approximate surface area is 146 Å². The van der Waals surface area contributed by atoms with Crippen molar-refractivity contribution < 1.29 is 17.9 Å². The summed E-state index contributed by atoms with van der Waals surface area (Å²) in [6.07, 6.45) is 1.89. The first-order valence-corrected chi connectivity index (χ1v) is 9.13. The van der Waals surface area contributed by atoms with E-state index in [0.717, 1.165) is 11.1 Å². The Hall–Kier alpha value is -1.83. The van der Waals surface area contributed by atoms with Crippen LogP contribution in [0, 0.1) is 0 Å². The molecule has 0 radical (unpaired) electrons. The number of hydrogen-bond donors (Lipinski definition) is 0. The van der Waals surface area contributed by atoms with E-state index in [2.05, 4.69) is 4.98 Å². The highest BCUT2D eigenvalue weighted by Crippen LogP contribution is 2.34. The van der Waals surface area contributed by atoms with Crippen molar-refractivity contribution in [2.75, 3.05) is 20.8 Å². The summed E-state index contributed by atoms with van der Waals surface area (Å²) in [5, 5.41) is 0.259. The smallest absolute Gasteiger partial charge is 0.244 e. The quantitative estimate of drug-likeness (QED) is 0.775. The fourth-order valence-corrected chi connectivity index (χ4v) is 4.20. The summed E-state index contributed by atoms with van der Waals surface area (Å²) in [6, 6.07) is 6.67. The van der Waals surface area contributed by atoms with E-state index in [-0.39, 0.29) is 16.6 Å². The van der Waals surface area contributed by atoms with Crippen LogP contribution in [-0.4, -0.2) is 38.5 Å². The van der Waals surface area contributed by atoms with Crippen LogP contribution in [0.4, 0.5) is 0 Å². The average molecular weight is 369 g/mol. The van der Waals surface area contributed by atoms with Crippen LogP contribution in [0.2, 0.25) is 5.15 Å². The van der Waals surface area contributed by atoms with Crippen LogP contribution in [0.15, 0.2) is 35.4 Å².